The van der Waals surface area contributed by atoms with Crippen LogP contribution in [0.25, 0.3) is 11.0 Å². The summed E-state index contributed by atoms with van der Waals surface area (Å²) in [5.41, 5.74) is 1.45. The third-order valence-electron chi connectivity index (χ3n) is 3.51. The number of nitrogens with one attached hydrogen (secondary N) is 1. The maximum atomic E-state index is 12.8. The second kappa shape index (κ2) is 6.04. The molecule has 7 nitrogen and oxygen atoms in total. The second-order valence-electron chi connectivity index (χ2n) is 5.13. The summed E-state index contributed by atoms with van der Waals surface area (Å²) in [7, 11) is -1.21. The van der Waals surface area contributed by atoms with E-state index in [1.165, 1.54) is 14.2 Å². The van der Waals surface area contributed by atoms with E-state index >= 15 is 0 Å². The molecule has 0 unspecified atom stereocenters. The molecule has 0 fully saturated rings. The van der Waals surface area contributed by atoms with Crippen LogP contribution in [0.2, 0.25) is 0 Å². The van der Waals surface area contributed by atoms with Crippen LogP contribution in [-0.4, -0.2) is 27.8 Å². The number of anilines is 1. The maximum absolute atomic E-state index is 12.8. The predicted molar refractivity (Wildman–Crippen MR) is 89.1 cm³/mol. The summed E-state index contributed by atoms with van der Waals surface area (Å²) in [4.78, 5) is -0.0983. The minimum Gasteiger partial charge on any atom is -0.495 e. The molecule has 2 aromatic carbocycles. The van der Waals surface area contributed by atoms with Crippen LogP contribution >= 0.6 is 0 Å². The van der Waals surface area contributed by atoms with Crippen molar-refractivity contribution in [1.82, 2.24) is 5.16 Å². The van der Waals surface area contributed by atoms with Gasteiger partial charge >= 0.3 is 0 Å². The van der Waals surface area contributed by atoms with Crippen LogP contribution < -0.4 is 14.2 Å². The predicted octanol–water partition coefficient (Wildman–Crippen LogP) is 2.95. The van der Waals surface area contributed by atoms with Gasteiger partial charge in [0, 0.05) is 0 Å². The lowest BCUT2D eigenvalue weighted by Gasteiger charge is -2.13. The van der Waals surface area contributed by atoms with Crippen molar-refractivity contribution in [3.05, 3.63) is 42.0 Å². The smallest absolute Gasteiger partial charge is 0.270 e. The number of aryl methyl sites for hydroxylation is 1. The van der Waals surface area contributed by atoms with Gasteiger partial charge in [-0.2, -0.15) is 0 Å². The second-order valence-corrected chi connectivity index (χ2v) is 6.75. The van der Waals surface area contributed by atoms with Gasteiger partial charge in [0.2, 0.25) is 0 Å². The van der Waals surface area contributed by atoms with Crippen LogP contribution in [0.3, 0.4) is 0 Å². The normalized spacial score (nSPS) is 11.5. The molecule has 0 saturated carbocycles. The zero-order valence-electron chi connectivity index (χ0n) is 13.4. The fourth-order valence-electron chi connectivity index (χ4n) is 2.39. The van der Waals surface area contributed by atoms with Crippen molar-refractivity contribution >= 4 is 26.8 Å². The Morgan fingerprint density at radius 2 is 1.75 bits per heavy atom. The van der Waals surface area contributed by atoms with Crippen molar-refractivity contribution in [2.75, 3.05) is 18.9 Å². The number of benzene rings is 2. The van der Waals surface area contributed by atoms with Crippen molar-refractivity contribution in [1.29, 1.82) is 0 Å². The Bertz CT molecular complexity index is 973. The summed E-state index contributed by atoms with van der Waals surface area (Å²) in [5, 5.41) is 4.39. The first kappa shape index (κ1) is 16.1. The summed E-state index contributed by atoms with van der Waals surface area (Å²) < 4.78 is 43.6. The van der Waals surface area contributed by atoms with Crippen LogP contribution in [-0.2, 0) is 10.0 Å². The highest BCUT2D eigenvalue weighted by Gasteiger charge is 2.26. The number of fused-ring (bicyclic) bond motifs is 1. The minimum absolute atomic E-state index is 0.0983. The number of rotatable bonds is 5. The van der Waals surface area contributed by atoms with Crippen molar-refractivity contribution in [3.8, 4) is 11.5 Å². The van der Waals surface area contributed by atoms with E-state index in [-0.39, 0.29) is 22.2 Å². The highest BCUT2D eigenvalue weighted by atomic mass is 32.2. The van der Waals surface area contributed by atoms with Crippen LogP contribution in [0.4, 0.5) is 5.82 Å². The van der Waals surface area contributed by atoms with E-state index in [1.54, 1.807) is 30.3 Å². The lowest BCUT2D eigenvalue weighted by atomic mass is 10.2. The van der Waals surface area contributed by atoms with Gasteiger partial charge in [-0.15, -0.1) is 0 Å². The minimum atomic E-state index is -4.00. The molecule has 3 rings (SSSR count). The van der Waals surface area contributed by atoms with E-state index in [0.717, 1.165) is 5.56 Å². The zero-order valence-corrected chi connectivity index (χ0v) is 14.2. The molecule has 0 saturated heterocycles. The van der Waals surface area contributed by atoms with Gasteiger partial charge in [0.05, 0.1) is 19.6 Å². The van der Waals surface area contributed by atoms with E-state index in [1.807, 2.05) is 13.0 Å². The first-order valence-electron chi connectivity index (χ1n) is 7.06. The highest BCUT2D eigenvalue weighted by molar-refractivity contribution is 7.93. The van der Waals surface area contributed by atoms with Crippen LogP contribution in [0.15, 0.2) is 45.8 Å². The monoisotopic (exact) mass is 348 g/mol. The third-order valence-corrected chi connectivity index (χ3v) is 4.91. The van der Waals surface area contributed by atoms with Crippen molar-refractivity contribution < 1.29 is 22.4 Å². The van der Waals surface area contributed by atoms with E-state index in [2.05, 4.69) is 9.88 Å². The van der Waals surface area contributed by atoms with Gasteiger partial charge in [-0.25, -0.2) is 8.42 Å². The number of methoxy groups -OCH3 is 2. The molecule has 0 aliphatic rings. The topological polar surface area (TPSA) is 90.7 Å². The van der Waals surface area contributed by atoms with Gasteiger partial charge in [0.1, 0.15) is 11.5 Å². The molecule has 0 atom stereocenters. The largest absolute Gasteiger partial charge is 0.495 e. The fraction of sp³-hybridized carbons (Fsp3) is 0.188. The molecule has 1 aromatic heterocycles. The molecule has 3 aromatic rings. The molecule has 1 heterocycles. The average Bonchev–Trinajstić information content (AvgIpc) is 2.95. The molecule has 0 amide bonds. The Labute approximate surface area is 139 Å². The number of hydrogen-bond donors (Lipinski definition) is 1. The fourth-order valence-corrected chi connectivity index (χ4v) is 3.72. The zero-order chi connectivity index (χ0) is 17.3. The molecule has 1 N–H and O–H groups in total. The van der Waals surface area contributed by atoms with Gasteiger partial charge in [0.25, 0.3) is 10.0 Å². The van der Waals surface area contributed by atoms with E-state index in [4.69, 9.17) is 14.0 Å². The molecular formula is C16H16N2O5S. The number of ether oxygens (including phenoxy) is 2. The van der Waals surface area contributed by atoms with Crippen LogP contribution in [0.1, 0.15) is 5.56 Å². The van der Waals surface area contributed by atoms with Gasteiger partial charge in [-0.1, -0.05) is 22.9 Å². The lowest BCUT2D eigenvalue weighted by Crippen LogP contribution is -2.15. The standard InChI is InChI=1S/C16H16N2O5S/c1-10-7-8-12-11(9-10)16(17-23-12)18-24(19,20)15-13(21-2)5-4-6-14(15)22-3/h4-9H,1-3H3,(H,17,18). The molecule has 0 spiro atoms. The van der Waals surface area contributed by atoms with Gasteiger partial charge < -0.3 is 14.0 Å². The lowest BCUT2D eigenvalue weighted by molar-refractivity contribution is 0.373. The Morgan fingerprint density at radius 3 is 2.38 bits per heavy atom. The summed E-state index contributed by atoms with van der Waals surface area (Å²) >= 11 is 0. The summed E-state index contributed by atoms with van der Waals surface area (Å²) in [6, 6.07) is 10.1. The molecule has 0 aliphatic heterocycles. The first-order chi connectivity index (χ1) is 11.5. The van der Waals surface area contributed by atoms with Gasteiger partial charge in [0.15, 0.2) is 16.3 Å². The van der Waals surface area contributed by atoms with E-state index < -0.39 is 10.0 Å². The Morgan fingerprint density at radius 1 is 1.08 bits per heavy atom. The SMILES string of the molecule is COc1cccc(OC)c1S(=O)(=O)Nc1noc2ccc(C)cc12. The summed E-state index contributed by atoms with van der Waals surface area (Å²) in [5.74, 6) is 0.457. The molecule has 0 aliphatic carbocycles. The molecule has 0 bridgehead atoms. The van der Waals surface area contributed by atoms with Crippen molar-refractivity contribution in [3.63, 3.8) is 0 Å². The Hall–Kier alpha value is -2.74. The van der Waals surface area contributed by atoms with Crippen molar-refractivity contribution in [2.45, 2.75) is 11.8 Å². The highest BCUT2D eigenvalue weighted by Crippen LogP contribution is 2.35. The van der Waals surface area contributed by atoms with Crippen LogP contribution in [0, 0.1) is 6.92 Å². The number of hydrogen-bond acceptors (Lipinski definition) is 6. The summed E-state index contributed by atoms with van der Waals surface area (Å²) in [6.07, 6.45) is 0. The quantitative estimate of drug-likeness (QED) is 0.762. The Kier molecular flexibility index (Phi) is 4.06. The summed E-state index contributed by atoms with van der Waals surface area (Å²) in [6.45, 7) is 1.90. The molecule has 0 radical (unpaired) electrons. The first-order valence-corrected chi connectivity index (χ1v) is 8.54. The number of nitrogens with zero attached hydrogens (tertiary/aromatic N) is 1. The van der Waals surface area contributed by atoms with E-state index in [0.29, 0.717) is 11.0 Å². The molecule has 126 valence electrons. The van der Waals surface area contributed by atoms with Gasteiger partial charge in [-0.3, -0.25) is 4.72 Å². The maximum Gasteiger partial charge on any atom is 0.270 e. The van der Waals surface area contributed by atoms with E-state index in [9.17, 15) is 8.42 Å². The van der Waals surface area contributed by atoms with Gasteiger partial charge in [-0.05, 0) is 31.2 Å². The third kappa shape index (κ3) is 2.76. The average molecular weight is 348 g/mol. The Balaban J connectivity index is 2.10. The molecule has 8 heteroatoms. The van der Waals surface area contributed by atoms with Crippen LogP contribution in [0.5, 0.6) is 11.5 Å². The number of sulfonamides is 1. The number of aromatic nitrogens is 1. The molecular weight excluding hydrogens is 332 g/mol. The van der Waals surface area contributed by atoms with Crippen molar-refractivity contribution in [2.24, 2.45) is 0 Å². The molecule has 24 heavy (non-hydrogen) atoms.